The normalized spacial score (nSPS) is 16.8. The quantitative estimate of drug-likeness (QED) is 0.528. The number of benzene rings is 1. The Labute approximate surface area is 164 Å². The van der Waals surface area contributed by atoms with Crippen LogP contribution in [0.25, 0.3) is 0 Å². The maximum Gasteiger partial charge on any atom is 0.262 e. The molecule has 1 aliphatic carbocycles. The summed E-state index contributed by atoms with van der Waals surface area (Å²) in [7, 11) is 0. The van der Waals surface area contributed by atoms with Gasteiger partial charge in [0.1, 0.15) is 6.54 Å². The average molecular weight is 385 g/mol. The second-order valence-corrected chi connectivity index (χ2v) is 7.48. The summed E-state index contributed by atoms with van der Waals surface area (Å²) < 4.78 is 0. The molecule has 0 bridgehead atoms. The minimum absolute atomic E-state index is 0.000158. The van der Waals surface area contributed by atoms with Gasteiger partial charge in [0.15, 0.2) is 0 Å². The molecular weight excluding hydrogens is 358 g/mol. The van der Waals surface area contributed by atoms with Crippen molar-refractivity contribution in [1.82, 2.24) is 15.5 Å². The first-order valence-electron chi connectivity index (χ1n) is 10.0. The maximum atomic E-state index is 12.2. The van der Waals surface area contributed by atoms with E-state index < -0.39 is 17.7 Å². The van der Waals surface area contributed by atoms with Gasteiger partial charge in [0.25, 0.3) is 11.8 Å². The van der Waals surface area contributed by atoms with Crippen LogP contribution in [-0.4, -0.2) is 48.2 Å². The fourth-order valence-electron chi connectivity index (χ4n) is 3.89. The SMILES string of the molecule is O=C(CCC1CCCCC1)NCCNC(=O)CN1C(=O)c2ccccc2C1=O. The van der Waals surface area contributed by atoms with E-state index in [4.69, 9.17) is 0 Å². The second-order valence-electron chi connectivity index (χ2n) is 7.48. The maximum absolute atomic E-state index is 12.2. The lowest BCUT2D eigenvalue weighted by molar-refractivity contribution is -0.123. The van der Waals surface area contributed by atoms with Gasteiger partial charge in [-0.2, -0.15) is 0 Å². The molecule has 7 heteroatoms. The van der Waals surface area contributed by atoms with E-state index in [1.165, 1.54) is 32.1 Å². The first-order valence-corrected chi connectivity index (χ1v) is 10.0. The molecule has 1 fully saturated rings. The summed E-state index contributed by atoms with van der Waals surface area (Å²) in [5.41, 5.74) is 0.649. The fraction of sp³-hybridized carbons (Fsp3) is 0.524. The van der Waals surface area contributed by atoms with Crippen molar-refractivity contribution < 1.29 is 19.2 Å². The van der Waals surface area contributed by atoms with Crippen LogP contribution < -0.4 is 10.6 Å². The van der Waals surface area contributed by atoms with E-state index in [1.54, 1.807) is 24.3 Å². The summed E-state index contributed by atoms with van der Waals surface area (Å²) in [5.74, 6) is -0.663. The van der Waals surface area contributed by atoms with Crippen molar-refractivity contribution in [3.05, 3.63) is 35.4 Å². The molecule has 0 atom stereocenters. The van der Waals surface area contributed by atoms with Crippen LogP contribution in [0.1, 0.15) is 65.7 Å². The summed E-state index contributed by atoms with van der Waals surface area (Å²) in [4.78, 5) is 49.4. The third kappa shape index (κ3) is 4.97. The second kappa shape index (κ2) is 9.48. The summed E-state index contributed by atoms with van der Waals surface area (Å²) in [6.45, 7) is 0.274. The Morgan fingerprint density at radius 2 is 1.46 bits per heavy atom. The number of carbonyl (C=O) groups is 4. The predicted octanol–water partition coefficient (Wildman–Crippen LogP) is 1.88. The molecule has 0 unspecified atom stereocenters. The highest BCUT2D eigenvalue weighted by molar-refractivity contribution is 6.22. The molecule has 1 saturated carbocycles. The van der Waals surface area contributed by atoms with Crippen LogP contribution in [0.4, 0.5) is 0 Å². The molecule has 2 aliphatic rings. The van der Waals surface area contributed by atoms with Gasteiger partial charge in [0.2, 0.25) is 11.8 Å². The van der Waals surface area contributed by atoms with Gasteiger partial charge in [0.05, 0.1) is 11.1 Å². The van der Waals surface area contributed by atoms with Crippen molar-refractivity contribution >= 4 is 23.6 Å². The molecule has 7 nitrogen and oxygen atoms in total. The average Bonchev–Trinajstić information content (AvgIpc) is 2.95. The van der Waals surface area contributed by atoms with Crippen LogP contribution in [-0.2, 0) is 9.59 Å². The number of carbonyl (C=O) groups excluding carboxylic acids is 4. The lowest BCUT2D eigenvalue weighted by Gasteiger charge is -2.21. The molecule has 0 saturated heterocycles. The summed E-state index contributed by atoms with van der Waals surface area (Å²) in [6, 6.07) is 6.53. The van der Waals surface area contributed by atoms with Gasteiger partial charge >= 0.3 is 0 Å². The van der Waals surface area contributed by atoms with Gasteiger partial charge < -0.3 is 10.6 Å². The summed E-state index contributed by atoms with van der Waals surface area (Å²) in [6.07, 6.45) is 7.74. The van der Waals surface area contributed by atoms with E-state index in [9.17, 15) is 19.2 Å². The molecule has 3 rings (SSSR count). The van der Waals surface area contributed by atoms with Crippen molar-refractivity contribution in [3.8, 4) is 0 Å². The van der Waals surface area contributed by atoms with Crippen LogP contribution in [0, 0.1) is 5.92 Å². The topological polar surface area (TPSA) is 95.6 Å². The number of imide groups is 1. The first kappa shape index (κ1) is 20.0. The number of rotatable bonds is 8. The molecule has 1 heterocycles. The summed E-state index contributed by atoms with van der Waals surface area (Å²) in [5, 5.41) is 5.44. The Morgan fingerprint density at radius 1 is 0.893 bits per heavy atom. The number of fused-ring (bicyclic) bond motifs is 1. The highest BCUT2D eigenvalue weighted by Crippen LogP contribution is 2.27. The minimum atomic E-state index is -0.452. The smallest absolute Gasteiger partial charge is 0.262 e. The van der Waals surface area contributed by atoms with Crippen molar-refractivity contribution in [2.24, 2.45) is 5.92 Å². The van der Waals surface area contributed by atoms with Gasteiger partial charge in [-0.05, 0) is 24.5 Å². The van der Waals surface area contributed by atoms with Crippen molar-refractivity contribution in [1.29, 1.82) is 0 Å². The molecule has 1 aromatic carbocycles. The highest BCUT2D eigenvalue weighted by atomic mass is 16.2. The molecule has 28 heavy (non-hydrogen) atoms. The standard InChI is InChI=1S/C21H27N3O4/c25-18(11-10-15-6-2-1-3-7-15)22-12-13-23-19(26)14-24-20(27)16-8-4-5-9-17(16)21(24)28/h4-5,8-9,15H,1-3,6-7,10-14H2,(H,22,25)(H,23,26). The van der Waals surface area contributed by atoms with Gasteiger partial charge in [-0.15, -0.1) is 0 Å². The van der Waals surface area contributed by atoms with Crippen molar-refractivity contribution in [3.63, 3.8) is 0 Å². The molecular formula is C21H27N3O4. The zero-order chi connectivity index (χ0) is 19.9. The van der Waals surface area contributed by atoms with E-state index in [0.29, 0.717) is 30.0 Å². The monoisotopic (exact) mass is 385 g/mol. The number of hydrogen-bond acceptors (Lipinski definition) is 4. The van der Waals surface area contributed by atoms with Gasteiger partial charge in [-0.3, -0.25) is 24.1 Å². The Hall–Kier alpha value is -2.70. The lowest BCUT2D eigenvalue weighted by atomic mass is 9.86. The molecule has 0 spiro atoms. The first-order chi connectivity index (χ1) is 13.6. The third-order valence-corrected chi connectivity index (χ3v) is 5.45. The molecule has 1 aromatic rings. The molecule has 1 aliphatic heterocycles. The molecule has 150 valence electrons. The van der Waals surface area contributed by atoms with Crippen LogP contribution in [0.3, 0.4) is 0 Å². The molecule has 4 amide bonds. The van der Waals surface area contributed by atoms with Crippen LogP contribution >= 0.6 is 0 Å². The molecule has 0 aromatic heterocycles. The van der Waals surface area contributed by atoms with Crippen molar-refractivity contribution in [2.45, 2.75) is 44.9 Å². The van der Waals surface area contributed by atoms with Crippen LogP contribution in [0.5, 0.6) is 0 Å². The van der Waals surface area contributed by atoms with Crippen LogP contribution in [0.15, 0.2) is 24.3 Å². The Bertz CT molecular complexity index is 721. The molecule has 0 radical (unpaired) electrons. The van der Waals surface area contributed by atoms with E-state index >= 15 is 0 Å². The largest absolute Gasteiger partial charge is 0.354 e. The predicted molar refractivity (Wildman–Crippen MR) is 104 cm³/mol. The van der Waals surface area contributed by atoms with Gasteiger partial charge in [0, 0.05) is 19.5 Å². The molecule has 2 N–H and O–H groups in total. The number of nitrogens with one attached hydrogen (secondary N) is 2. The Kier molecular flexibility index (Phi) is 6.79. The van der Waals surface area contributed by atoms with Crippen molar-refractivity contribution in [2.75, 3.05) is 19.6 Å². The minimum Gasteiger partial charge on any atom is -0.354 e. The van der Waals surface area contributed by atoms with Gasteiger partial charge in [-0.25, -0.2) is 0 Å². The Morgan fingerprint density at radius 3 is 2.07 bits per heavy atom. The number of hydrogen-bond donors (Lipinski definition) is 2. The summed E-state index contributed by atoms with van der Waals surface area (Å²) >= 11 is 0. The third-order valence-electron chi connectivity index (χ3n) is 5.45. The number of amides is 4. The number of nitrogens with zero attached hydrogens (tertiary/aromatic N) is 1. The van der Waals surface area contributed by atoms with E-state index in [0.717, 1.165) is 11.3 Å². The highest BCUT2D eigenvalue weighted by Gasteiger charge is 2.36. The van der Waals surface area contributed by atoms with E-state index in [2.05, 4.69) is 10.6 Å². The lowest BCUT2D eigenvalue weighted by Crippen LogP contribution is -2.42. The fourth-order valence-corrected chi connectivity index (χ4v) is 3.89. The van der Waals surface area contributed by atoms with E-state index in [1.807, 2.05) is 0 Å². The van der Waals surface area contributed by atoms with E-state index in [-0.39, 0.29) is 19.0 Å². The van der Waals surface area contributed by atoms with Crippen LogP contribution in [0.2, 0.25) is 0 Å². The Balaban J connectivity index is 1.32. The van der Waals surface area contributed by atoms with Gasteiger partial charge in [-0.1, -0.05) is 44.2 Å². The zero-order valence-electron chi connectivity index (χ0n) is 16.0. The zero-order valence-corrected chi connectivity index (χ0v) is 16.0.